The molecule has 190 valence electrons. The van der Waals surface area contributed by atoms with E-state index < -0.39 is 11.9 Å². The number of thioether (sulfide) groups is 1. The molecule has 2 aromatic carbocycles. The summed E-state index contributed by atoms with van der Waals surface area (Å²) >= 11 is 7.15. The van der Waals surface area contributed by atoms with Crippen LogP contribution in [-0.2, 0) is 15.3 Å². The number of rotatable bonds is 10. The summed E-state index contributed by atoms with van der Waals surface area (Å²) in [5, 5.41) is 0.422. The summed E-state index contributed by atoms with van der Waals surface area (Å²) in [5.41, 5.74) is 1.46. The standard InChI is InChI=1S/C18H13ClF2N2O2S2.C7H17N/c19-14-8-13(6-7-15(14)20)17(25-11-24)18-22-9-16(23(18)27-21)26-10-12-4-2-1-3-5-12;1-6(2)8(5)7(3)4/h1-9,11,17H,10H2;6-7H,1-5H3. The Morgan fingerprint density at radius 2 is 1.80 bits per heavy atom. The molecule has 3 rings (SSSR count). The zero-order valence-corrected chi connectivity index (χ0v) is 22.7. The second kappa shape index (κ2) is 14.5. The van der Waals surface area contributed by atoms with Crippen molar-refractivity contribution in [1.29, 1.82) is 0 Å². The SMILES string of the molecule is CC(C)N(C)C(C)C.O=COC(c1ccc(F)c(Cl)c1)c1ncc(SCc2ccccc2)n1SF. The molecule has 1 aromatic heterocycles. The molecule has 0 saturated heterocycles. The molecule has 3 aromatic rings. The molecule has 0 spiro atoms. The van der Waals surface area contributed by atoms with Gasteiger partial charge in [-0.25, -0.2) is 13.3 Å². The zero-order chi connectivity index (χ0) is 26.0. The summed E-state index contributed by atoms with van der Waals surface area (Å²) in [6, 6.07) is 14.9. The van der Waals surface area contributed by atoms with Crippen molar-refractivity contribution in [3.8, 4) is 0 Å². The van der Waals surface area contributed by atoms with Crippen LogP contribution in [0.25, 0.3) is 0 Å². The Bertz CT molecular complexity index is 1060. The van der Waals surface area contributed by atoms with Crippen molar-refractivity contribution >= 4 is 42.2 Å². The maximum absolute atomic E-state index is 13.7. The van der Waals surface area contributed by atoms with Crippen molar-refractivity contribution in [2.75, 3.05) is 7.05 Å². The van der Waals surface area contributed by atoms with Gasteiger partial charge in [-0.3, -0.25) is 4.79 Å². The summed E-state index contributed by atoms with van der Waals surface area (Å²) in [4.78, 5) is 17.5. The van der Waals surface area contributed by atoms with Gasteiger partial charge in [-0.05, 0) is 52.4 Å². The van der Waals surface area contributed by atoms with Crippen LogP contribution in [0.15, 0.2) is 59.8 Å². The van der Waals surface area contributed by atoms with E-state index in [1.54, 1.807) is 0 Å². The molecule has 0 bridgehead atoms. The van der Waals surface area contributed by atoms with E-state index in [-0.39, 0.29) is 29.7 Å². The molecule has 1 atom stereocenters. The van der Waals surface area contributed by atoms with E-state index in [0.717, 1.165) is 11.6 Å². The highest BCUT2D eigenvalue weighted by Crippen LogP contribution is 2.34. The maximum atomic E-state index is 13.7. The van der Waals surface area contributed by atoms with Crippen LogP contribution in [0, 0.1) is 5.82 Å². The lowest BCUT2D eigenvalue weighted by Gasteiger charge is -2.24. The van der Waals surface area contributed by atoms with Gasteiger partial charge in [-0.2, -0.15) is 0 Å². The predicted octanol–water partition coefficient (Wildman–Crippen LogP) is 7.35. The third-order valence-corrected chi connectivity index (χ3v) is 7.30. The first kappa shape index (κ1) is 29.2. The van der Waals surface area contributed by atoms with E-state index >= 15 is 0 Å². The van der Waals surface area contributed by atoms with E-state index in [9.17, 15) is 13.1 Å². The normalized spacial score (nSPS) is 12.0. The van der Waals surface area contributed by atoms with Crippen LogP contribution < -0.4 is 0 Å². The average molecular weight is 542 g/mol. The quantitative estimate of drug-likeness (QED) is 0.197. The first-order valence-corrected chi connectivity index (χ1v) is 13.0. The molecule has 0 fully saturated rings. The van der Waals surface area contributed by atoms with Gasteiger partial charge in [0, 0.05) is 23.4 Å². The van der Waals surface area contributed by atoms with Crippen molar-refractivity contribution < 1.29 is 17.8 Å². The molecule has 35 heavy (non-hydrogen) atoms. The number of carbonyl (C=O) groups excluding carboxylic acids is 1. The second-order valence-electron chi connectivity index (χ2n) is 8.23. The Hall–Kier alpha value is -2.07. The van der Waals surface area contributed by atoms with Gasteiger partial charge in [0.15, 0.2) is 24.3 Å². The third-order valence-electron chi connectivity index (χ3n) is 5.32. The Kier molecular flexibility index (Phi) is 12.1. The maximum Gasteiger partial charge on any atom is 0.294 e. The minimum Gasteiger partial charge on any atom is -0.451 e. The number of benzene rings is 2. The summed E-state index contributed by atoms with van der Waals surface area (Å²) in [5.74, 6) is 0.175. The van der Waals surface area contributed by atoms with Crippen LogP contribution in [0.4, 0.5) is 8.28 Å². The topological polar surface area (TPSA) is 47.4 Å². The van der Waals surface area contributed by atoms with Gasteiger partial charge >= 0.3 is 0 Å². The van der Waals surface area contributed by atoms with Crippen LogP contribution in [0.3, 0.4) is 0 Å². The molecule has 1 unspecified atom stereocenters. The molecule has 0 amide bonds. The van der Waals surface area contributed by atoms with Crippen LogP contribution in [0.1, 0.15) is 50.8 Å². The number of aromatic nitrogens is 2. The Labute approximate surface area is 219 Å². The summed E-state index contributed by atoms with van der Waals surface area (Å²) in [6.45, 7) is 9.07. The van der Waals surface area contributed by atoms with Crippen molar-refractivity contribution in [2.24, 2.45) is 0 Å². The number of hydrogen-bond donors (Lipinski definition) is 0. The number of nitrogens with zero attached hydrogens (tertiary/aromatic N) is 3. The van der Waals surface area contributed by atoms with Gasteiger partial charge in [0.1, 0.15) is 10.8 Å². The largest absolute Gasteiger partial charge is 0.451 e. The van der Waals surface area contributed by atoms with Gasteiger partial charge < -0.3 is 9.64 Å². The van der Waals surface area contributed by atoms with E-state index in [1.807, 2.05) is 30.3 Å². The van der Waals surface area contributed by atoms with E-state index in [0.29, 0.717) is 28.4 Å². The van der Waals surface area contributed by atoms with Crippen LogP contribution >= 0.6 is 35.7 Å². The first-order chi connectivity index (χ1) is 16.7. The monoisotopic (exact) mass is 541 g/mol. The lowest BCUT2D eigenvalue weighted by Crippen LogP contribution is -2.32. The van der Waals surface area contributed by atoms with Crippen molar-refractivity contribution in [3.63, 3.8) is 0 Å². The Morgan fingerprint density at radius 1 is 1.14 bits per heavy atom. The minimum atomic E-state index is -1.02. The molecule has 0 saturated carbocycles. The lowest BCUT2D eigenvalue weighted by atomic mass is 10.1. The smallest absolute Gasteiger partial charge is 0.294 e. The van der Waals surface area contributed by atoms with Gasteiger partial charge in [0.25, 0.3) is 6.47 Å². The number of halogens is 3. The Balaban J connectivity index is 0.000000466. The minimum absolute atomic E-state index is 0.0496. The molecule has 0 N–H and O–H groups in total. The van der Waals surface area contributed by atoms with E-state index in [4.69, 9.17) is 16.3 Å². The highest BCUT2D eigenvalue weighted by molar-refractivity contribution is 7.99. The summed E-state index contributed by atoms with van der Waals surface area (Å²) < 4.78 is 33.4. The number of carbonyl (C=O) groups is 1. The molecule has 10 heteroatoms. The molecular weight excluding hydrogens is 512 g/mol. The van der Waals surface area contributed by atoms with Crippen LogP contribution in [0.2, 0.25) is 5.02 Å². The zero-order valence-electron chi connectivity index (χ0n) is 20.3. The van der Waals surface area contributed by atoms with Crippen LogP contribution in [-0.4, -0.2) is 39.5 Å². The van der Waals surface area contributed by atoms with Gasteiger partial charge in [-0.15, -0.1) is 15.6 Å². The number of hydrogen-bond acceptors (Lipinski definition) is 6. The highest BCUT2D eigenvalue weighted by Gasteiger charge is 2.25. The fraction of sp³-hybridized carbons (Fsp3) is 0.360. The average Bonchev–Trinajstić information content (AvgIpc) is 3.26. The molecule has 0 aliphatic carbocycles. The van der Waals surface area contributed by atoms with Crippen molar-refractivity contribution in [3.05, 3.63) is 82.5 Å². The van der Waals surface area contributed by atoms with Crippen molar-refractivity contribution in [2.45, 2.75) is 56.7 Å². The fourth-order valence-corrected chi connectivity index (χ4v) is 4.63. The van der Waals surface area contributed by atoms with E-state index in [2.05, 4.69) is 44.6 Å². The number of ether oxygens (including phenoxy) is 1. The number of imidazole rings is 1. The first-order valence-electron chi connectivity index (χ1n) is 11.0. The molecule has 0 radical (unpaired) electrons. The van der Waals surface area contributed by atoms with Gasteiger partial charge in [0.2, 0.25) is 0 Å². The Morgan fingerprint density at radius 3 is 2.31 bits per heavy atom. The summed E-state index contributed by atoms with van der Waals surface area (Å²) in [6.07, 6.45) is 0.483. The summed E-state index contributed by atoms with van der Waals surface area (Å²) in [7, 11) is 2.15. The highest BCUT2D eigenvalue weighted by atomic mass is 35.5. The van der Waals surface area contributed by atoms with Crippen LogP contribution in [0.5, 0.6) is 0 Å². The van der Waals surface area contributed by atoms with E-state index in [1.165, 1.54) is 34.1 Å². The van der Waals surface area contributed by atoms with Gasteiger partial charge in [-0.1, -0.05) is 48.0 Å². The predicted molar refractivity (Wildman–Crippen MR) is 141 cm³/mol. The molecular formula is C25H30ClF2N3O2S2. The molecule has 0 aliphatic heterocycles. The van der Waals surface area contributed by atoms with Crippen molar-refractivity contribution in [1.82, 2.24) is 13.9 Å². The van der Waals surface area contributed by atoms with Gasteiger partial charge in [0.05, 0.1) is 11.2 Å². The fourth-order valence-electron chi connectivity index (χ4n) is 3.03. The molecule has 1 heterocycles. The molecule has 0 aliphatic rings. The second-order valence-corrected chi connectivity index (χ2v) is 10.1. The lowest BCUT2D eigenvalue weighted by molar-refractivity contribution is -0.132. The molecule has 5 nitrogen and oxygen atoms in total. The third kappa shape index (κ3) is 8.52.